The third kappa shape index (κ3) is 3.56. The second-order valence-corrected chi connectivity index (χ2v) is 5.25. The molecule has 2 rings (SSSR count). The van der Waals surface area contributed by atoms with Crippen molar-refractivity contribution in [2.45, 2.75) is 19.8 Å². The van der Waals surface area contributed by atoms with Gasteiger partial charge in [0.25, 0.3) is 0 Å². The van der Waals surface area contributed by atoms with Gasteiger partial charge < -0.3 is 10.2 Å². The number of carbonyl (C=O) groups excluding carboxylic acids is 2. The van der Waals surface area contributed by atoms with Gasteiger partial charge in [0.1, 0.15) is 0 Å². The van der Waals surface area contributed by atoms with Gasteiger partial charge in [-0.25, -0.2) is 0 Å². The SMILES string of the molecule is Cc1ccccc1CC(=O)NCC1CC(=O)N(C)C1. The Hall–Kier alpha value is -1.84. The first-order valence-corrected chi connectivity index (χ1v) is 6.61. The highest BCUT2D eigenvalue weighted by Gasteiger charge is 2.26. The minimum Gasteiger partial charge on any atom is -0.355 e. The van der Waals surface area contributed by atoms with Crippen molar-refractivity contribution >= 4 is 11.8 Å². The van der Waals surface area contributed by atoms with Crippen LogP contribution in [0.2, 0.25) is 0 Å². The fraction of sp³-hybridized carbons (Fsp3) is 0.467. The monoisotopic (exact) mass is 260 g/mol. The van der Waals surface area contributed by atoms with E-state index in [4.69, 9.17) is 0 Å². The summed E-state index contributed by atoms with van der Waals surface area (Å²) in [5.41, 5.74) is 2.19. The van der Waals surface area contributed by atoms with E-state index in [-0.39, 0.29) is 17.7 Å². The molecule has 0 saturated carbocycles. The van der Waals surface area contributed by atoms with Crippen molar-refractivity contribution in [3.63, 3.8) is 0 Å². The zero-order valence-corrected chi connectivity index (χ0v) is 11.5. The summed E-state index contributed by atoms with van der Waals surface area (Å²) < 4.78 is 0. The van der Waals surface area contributed by atoms with Gasteiger partial charge in [0.15, 0.2) is 0 Å². The van der Waals surface area contributed by atoms with Gasteiger partial charge in [-0.05, 0) is 18.1 Å². The predicted molar refractivity (Wildman–Crippen MR) is 73.6 cm³/mol. The Balaban J connectivity index is 1.80. The summed E-state index contributed by atoms with van der Waals surface area (Å²) in [6.07, 6.45) is 0.949. The summed E-state index contributed by atoms with van der Waals surface area (Å²) in [6.45, 7) is 3.33. The number of hydrogen-bond acceptors (Lipinski definition) is 2. The number of nitrogens with zero attached hydrogens (tertiary/aromatic N) is 1. The molecule has 0 bridgehead atoms. The Morgan fingerprint density at radius 1 is 1.42 bits per heavy atom. The first-order valence-electron chi connectivity index (χ1n) is 6.61. The van der Waals surface area contributed by atoms with Gasteiger partial charge in [0.05, 0.1) is 6.42 Å². The van der Waals surface area contributed by atoms with E-state index in [1.165, 1.54) is 0 Å². The molecule has 0 spiro atoms. The zero-order valence-electron chi connectivity index (χ0n) is 11.5. The highest BCUT2D eigenvalue weighted by Crippen LogP contribution is 2.15. The molecule has 0 aliphatic carbocycles. The molecule has 4 nitrogen and oxygen atoms in total. The van der Waals surface area contributed by atoms with Crippen LogP contribution in [0.15, 0.2) is 24.3 Å². The van der Waals surface area contributed by atoms with E-state index in [9.17, 15) is 9.59 Å². The van der Waals surface area contributed by atoms with Crippen LogP contribution in [-0.2, 0) is 16.0 Å². The molecule has 1 aromatic carbocycles. The largest absolute Gasteiger partial charge is 0.355 e. The van der Waals surface area contributed by atoms with Gasteiger partial charge >= 0.3 is 0 Å². The Labute approximate surface area is 113 Å². The van der Waals surface area contributed by atoms with Crippen LogP contribution in [0.4, 0.5) is 0 Å². The van der Waals surface area contributed by atoms with Gasteiger partial charge in [0, 0.05) is 32.5 Å². The number of hydrogen-bond donors (Lipinski definition) is 1. The average molecular weight is 260 g/mol. The lowest BCUT2D eigenvalue weighted by Gasteiger charge is -2.12. The summed E-state index contributed by atoms with van der Waals surface area (Å²) in [5, 5.41) is 2.92. The number of nitrogens with one attached hydrogen (secondary N) is 1. The third-order valence-corrected chi connectivity index (χ3v) is 3.62. The van der Waals surface area contributed by atoms with Crippen molar-refractivity contribution in [1.29, 1.82) is 0 Å². The van der Waals surface area contributed by atoms with E-state index < -0.39 is 0 Å². The van der Waals surface area contributed by atoms with Gasteiger partial charge in [-0.2, -0.15) is 0 Å². The summed E-state index contributed by atoms with van der Waals surface area (Å²) in [7, 11) is 1.80. The third-order valence-electron chi connectivity index (χ3n) is 3.62. The van der Waals surface area contributed by atoms with Crippen LogP contribution in [-0.4, -0.2) is 36.9 Å². The lowest BCUT2D eigenvalue weighted by atomic mass is 10.1. The first kappa shape index (κ1) is 13.6. The van der Waals surface area contributed by atoms with Crippen LogP contribution >= 0.6 is 0 Å². The molecule has 1 heterocycles. The highest BCUT2D eigenvalue weighted by atomic mass is 16.2. The maximum atomic E-state index is 11.9. The van der Waals surface area contributed by atoms with E-state index in [0.717, 1.165) is 17.7 Å². The van der Waals surface area contributed by atoms with E-state index >= 15 is 0 Å². The van der Waals surface area contributed by atoms with Crippen LogP contribution in [0.1, 0.15) is 17.5 Å². The smallest absolute Gasteiger partial charge is 0.224 e. The Kier molecular flexibility index (Phi) is 4.20. The average Bonchev–Trinajstić information content (AvgIpc) is 2.69. The molecule has 0 radical (unpaired) electrons. The van der Waals surface area contributed by atoms with Crippen molar-refractivity contribution in [3.05, 3.63) is 35.4 Å². The van der Waals surface area contributed by atoms with E-state index in [1.54, 1.807) is 11.9 Å². The summed E-state index contributed by atoms with van der Waals surface area (Å²) in [4.78, 5) is 25.0. The van der Waals surface area contributed by atoms with Crippen LogP contribution < -0.4 is 5.32 Å². The number of likely N-dealkylation sites (tertiary alicyclic amines) is 1. The summed E-state index contributed by atoms with van der Waals surface area (Å²) >= 11 is 0. The molecule has 1 atom stereocenters. The van der Waals surface area contributed by atoms with E-state index in [0.29, 0.717) is 19.4 Å². The molecule has 0 aromatic heterocycles. The molecular weight excluding hydrogens is 240 g/mol. The number of benzene rings is 1. The number of aryl methyl sites for hydroxylation is 1. The van der Waals surface area contributed by atoms with Crippen molar-refractivity contribution in [3.8, 4) is 0 Å². The van der Waals surface area contributed by atoms with Gasteiger partial charge in [-0.15, -0.1) is 0 Å². The highest BCUT2D eigenvalue weighted by molar-refractivity contribution is 5.80. The Morgan fingerprint density at radius 3 is 2.79 bits per heavy atom. The quantitative estimate of drug-likeness (QED) is 0.882. The van der Waals surface area contributed by atoms with Crippen LogP contribution in [0.3, 0.4) is 0 Å². The Morgan fingerprint density at radius 2 is 2.16 bits per heavy atom. The second kappa shape index (κ2) is 5.87. The van der Waals surface area contributed by atoms with Crippen LogP contribution in [0, 0.1) is 12.8 Å². The lowest BCUT2D eigenvalue weighted by molar-refractivity contribution is -0.126. The molecule has 19 heavy (non-hydrogen) atoms. The van der Waals surface area contributed by atoms with Crippen LogP contribution in [0.25, 0.3) is 0 Å². The number of carbonyl (C=O) groups is 2. The molecule has 1 aliphatic heterocycles. The van der Waals surface area contributed by atoms with E-state index in [2.05, 4.69) is 5.32 Å². The molecule has 4 heteroatoms. The lowest BCUT2D eigenvalue weighted by Crippen LogP contribution is -2.31. The fourth-order valence-electron chi connectivity index (χ4n) is 2.40. The summed E-state index contributed by atoms with van der Waals surface area (Å²) in [5.74, 6) is 0.438. The fourth-order valence-corrected chi connectivity index (χ4v) is 2.40. The molecule has 1 unspecified atom stereocenters. The minimum absolute atomic E-state index is 0.0244. The number of amides is 2. The molecular formula is C15H20N2O2. The maximum Gasteiger partial charge on any atom is 0.224 e. The van der Waals surface area contributed by atoms with Crippen molar-refractivity contribution in [2.24, 2.45) is 5.92 Å². The van der Waals surface area contributed by atoms with Crippen LogP contribution in [0.5, 0.6) is 0 Å². The summed E-state index contributed by atoms with van der Waals surface area (Å²) in [6, 6.07) is 7.89. The standard InChI is InChI=1S/C15H20N2O2/c1-11-5-3-4-6-13(11)8-14(18)16-9-12-7-15(19)17(2)10-12/h3-6,12H,7-10H2,1-2H3,(H,16,18). The predicted octanol–water partition coefficient (Wildman–Crippen LogP) is 1.13. The molecule has 1 saturated heterocycles. The number of rotatable bonds is 4. The molecule has 1 fully saturated rings. The maximum absolute atomic E-state index is 11.9. The zero-order chi connectivity index (χ0) is 13.8. The van der Waals surface area contributed by atoms with Gasteiger partial charge in [0.2, 0.25) is 11.8 Å². The first-order chi connectivity index (χ1) is 9.06. The van der Waals surface area contributed by atoms with Crippen molar-refractivity contribution in [1.82, 2.24) is 10.2 Å². The molecule has 1 aromatic rings. The normalized spacial score (nSPS) is 18.7. The second-order valence-electron chi connectivity index (χ2n) is 5.25. The topological polar surface area (TPSA) is 49.4 Å². The van der Waals surface area contributed by atoms with E-state index in [1.807, 2.05) is 31.2 Å². The van der Waals surface area contributed by atoms with Gasteiger partial charge in [-0.3, -0.25) is 9.59 Å². The molecule has 102 valence electrons. The molecule has 1 N–H and O–H groups in total. The minimum atomic E-state index is 0.0244. The van der Waals surface area contributed by atoms with Gasteiger partial charge in [-0.1, -0.05) is 24.3 Å². The molecule has 1 aliphatic rings. The van der Waals surface area contributed by atoms with Crippen molar-refractivity contribution < 1.29 is 9.59 Å². The molecule has 2 amide bonds. The Bertz CT molecular complexity index is 485. The van der Waals surface area contributed by atoms with Crippen molar-refractivity contribution in [2.75, 3.05) is 20.1 Å².